The Labute approximate surface area is 142 Å². The average molecular weight is 334 g/mol. The van der Waals surface area contributed by atoms with Crippen LogP contribution in [-0.4, -0.2) is 42.6 Å². The van der Waals surface area contributed by atoms with Crippen molar-refractivity contribution >= 4 is 17.6 Å². The lowest BCUT2D eigenvalue weighted by Crippen LogP contribution is -2.35. The maximum Gasteiger partial charge on any atom is 0.338 e. The molecule has 1 aliphatic heterocycles. The third kappa shape index (κ3) is 5.15. The first-order chi connectivity index (χ1) is 11.5. The van der Waals surface area contributed by atoms with Crippen molar-refractivity contribution in [2.45, 2.75) is 45.6 Å². The van der Waals surface area contributed by atoms with Gasteiger partial charge in [0, 0.05) is 13.1 Å². The Morgan fingerprint density at radius 1 is 1.17 bits per heavy atom. The molecule has 0 unspecified atom stereocenters. The van der Waals surface area contributed by atoms with Crippen LogP contribution in [0.4, 0.5) is 5.69 Å². The predicted octanol–water partition coefficient (Wildman–Crippen LogP) is 2.62. The first kappa shape index (κ1) is 18.1. The summed E-state index contributed by atoms with van der Waals surface area (Å²) < 4.78 is 10.7. The van der Waals surface area contributed by atoms with E-state index in [-0.39, 0.29) is 18.6 Å². The van der Waals surface area contributed by atoms with Crippen LogP contribution in [-0.2, 0) is 9.53 Å². The van der Waals surface area contributed by atoms with Crippen molar-refractivity contribution in [3.05, 3.63) is 23.8 Å². The number of likely N-dealkylation sites (tertiary alicyclic amines) is 1. The van der Waals surface area contributed by atoms with E-state index in [9.17, 15) is 9.59 Å². The number of amides is 1. The summed E-state index contributed by atoms with van der Waals surface area (Å²) >= 11 is 0. The zero-order valence-corrected chi connectivity index (χ0v) is 14.4. The molecule has 132 valence electrons. The van der Waals surface area contributed by atoms with Crippen LogP contribution in [0.15, 0.2) is 18.2 Å². The fourth-order valence-electron chi connectivity index (χ4n) is 2.62. The SMILES string of the molecule is CC(C)OC(=O)c1ccc(N)c(OCC(=O)N2CCCCCC2)c1. The van der Waals surface area contributed by atoms with E-state index in [1.807, 2.05) is 4.90 Å². The van der Waals surface area contributed by atoms with Crippen molar-refractivity contribution in [1.29, 1.82) is 0 Å². The summed E-state index contributed by atoms with van der Waals surface area (Å²) in [6.07, 6.45) is 4.19. The third-order valence-corrected chi connectivity index (χ3v) is 3.90. The number of nitrogen functional groups attached to an aromatic ring is 1. The van der Waals surface area contributed by atoms with Crippen molar-refractivity contribution < 1.29 is 19.1 Å². The molecule has 0 aliphatic carbocycles. The van der Waals surface area contributed by atoms with Crippen LogP contribution in [0.5, 0.6) is 5.75 Å². The number of nitrogens with zero attached hydrogens (tertiary/aromatic N) is 1. The lowest BCUT2D eigenvalue weighted by molar-refractivity contribution is -0.133. The molecule has 2 N–H and O–H groups in total. The molecule has 6 heteroatoms. The van der Waals surface area contributed by atoms with Crippen molar-refractivity contribution in [3.63, 3.8) is 0 Å². The van der Waals surface area contributed by atoms with E-state index in [0.29, 0.717) is 17.0 Å². The fourth-order valence-corrected chi connectivity index (χ4v) is 2.62. The monoisotopic (exact) mass is 334 g/mol. The smallest absolute Gasteiger partial charge is 0.338 e. The molecule has 1 heterocycles. The number of hydrogen-bond acceptors (Lipinski definition) is 5. The molecule has 1 amide bonds. The van der Waals surface area contributed by atoms with Crippen molar-refractivity contribution in [3.8, 4) is 5.75 Å². The van der Waals surface area contributed by atoms with Gasteiger partial charge in [0.15, 0.2) is 6.61 Å². The number of rotatable bonds is 5. The maximum absolute atomic E-state index is 12.3. The summed E-state index contributed by atoms with van der Waals surface area (Å²) in [6.45, 7) is 5.04. The minimum atomic E-state index is -0.436. The number of carbonyl (C=O) groups is 2. The van der Waals surface area contributed by atoms with Crippen molar-refractivity contribution in [2.24, 2.45) is 0 Å². The summed E-state index contributed by atoms with van der Waals surface area (Å²) in [7, 11) is 0. The van der Waals surface area contributed by atoms with E-state index >= 15 is 0 Å². The van der Waals surface area contributed by atoms with Crippen LogP contribution in [0, 0.1) is 0 Å². The number of benzene rings is 1. The molecule has 2 rings (SSSR count). The van der Waals surface area contributed by atoms with Gasteiger partial charge in [-0.25, -0.2) is 4.79 Å². The van der Waals surface area contributed by atoms with E-state index < -0.39 is 5.97 Å². The molecule has 1 aromatic carbocycles. The van der Waals surface area contributed by atoms with Crippen LogP contribution >= 0.6 is 0 Å². The quantitative estimate of drug-likeness (QED) is 0.661. The Balaban J connectivity index is 1.98. The van der Waals surface area contributed by atoms with Crippen LogP contribution in [0.3, 0.4) is 0 Å². The maximum atomic E-state index is 12.3. The molecule has 6 nitrogen and oxygen atoms in total. The average Bonchev–Trinajstić information content (AvgIpc) is 2.82. The number of esters is 1. The Bertz CT molecular complexity index is 578. The van der Waals surface area contributed by atoms with Gasteiger partial charge in [0.05, 0.1) is 17.4 Å². The Morgan fingerprint density at radius 3 is 2.46 bits per heavy atom. The highest BCUT2D eigenvalue weighted by molar-refractivity contribution is 5.90. The summed E-state index contributed by atoms with van der Waals surface area (Å²) in [5.74, 6) is -0.156. The molecule has 0 atom stereocenters. The number of anilines is 1. The van der Waals surface area contributed by atoms with Gasteiger partial charge in [0.1, 0.15) is 5.75 Å². The molecule has 0 spiro atoms. The van der Waals surface area contributed by atoms with Gasteiger partial charge in [-0.1, -0.05) is 12.8 Å². The molecular formula is C18H26N2O4. The summed E-state index contributed by atoms with van der Waals surface area (Å²) in [4.78, 5) is 26.1. The molecule has 0 radical (unpaired) electrons. The van der Waals surface area contributed by atoms with E-state index in [2.05, 4.69) is 0 Å². The second kappa shape index (κ2) is 8.57. The fraction of sp³-hybridized carbons (Fsp3) is 0.556. The van der Waals surface area contributed by atoms with Crippen LogP contribution in [0.2, 0.25) is 0 Å². The van der Waals surface area contributed by atoms with E-state index in [1.165, 1.54) is 6.07 Å². The second-order valence-corrected chi connectivity index (χ2v) is 6.29. The van der Waals surface area contributed by atoms with Crippen molar-refractivity contribution in [2.75, 3.05) is 25.4 Å². The van der Waals surface area contributed by atoms with E-state index in [4.69, 9.17) is 15.2 Å². The minimum absolute atomic E-state index is 0.0496. The third-order valence-electron chi connectivity index (χ3n) is 3.90. The molecule has 0 saturated carbocycles. The first-order valence-corrected chi connectivity index (χ1v) is 8.48. The molecule has 1 aromatic rings. The molecule has 1 fully saturated rings. The summed E-state index contributed by atoms with van der Waals surface area (Å²) in [5, 5.41) is 0. The van der Waals surface area contributed by atoms with Gasteiger partial charge in [-0.15, -0.1) is 0 Å². The first-order valence-electron chi connectivity index (χ1n) is 8.48. The Morgan fingerprint density at radius 2 is 1.83 bits per heavy atom. The molecule has 0 bridgehead atoms. The topological polar surface area (TPSA) is 81.9 Å². The van der Waals surface area contributed by atoms with Crippen LogP contribution in [0.25, 0.3) is 0 Å². The van der Waals surface area contributed by atoms with Gasteiger partial charge in [0.25, 0.3) is 5.91 Å². The van der Waals surface area contributed by atoms with Gasteiger partial charge in [0.2, 0.25) is 0 Å². The van der Waals surface area contributed by atoms with Gasteiger partial charge < -0.3 is 20.1 Å². The molecule has 0 aromatic heterocycles. The highest BCUT2D eigenvalue weighted by Crippen LogP contribution is 2.23. The zero-order valence-electron chi connectivity index (χ0n) is 14.4. The Hall–Kier alpha value is -2.24. The largest absolute Gasteiger partial charge is 0.482 e. The highest BCUT2D eigenvalue weighted by Gasteiger charge is 2.17. The second-order valence-electron chi connectivity index (χ2n) is 6.29. The van der Waals surface area contributed by atoms with Crippen LogP contribution < -0.4 is 10.5 Å². The van der Waals surface area contributed by atoms with Gasteiger partial charge >= 0.3 is 5.97 Å². The predicted molar refractivity (Wildman–Crippen MR) is 91.9 cm³/mol. The normalized spacial score (nSPS) is 15.0. The van der Waals surface area contributed by atoms with E-state index in [1.54, 1.807) is 26.0 Å². The molecule has 1 saturated heterocycles. The lowest BCUT2D eigenvalue weighted by Gasteiger charge is -2.20. The molecule has 24 heavy (non-hydrogen) atoms. The molecular weight excluding hydrogens is 308 g/mol. The number of nitrogens with two attached hydrogens (primary N) is 1. The van der Waals surface area contributed by atoms with Gasteiger partial charge in [-0.2, -0.15) is 0 Å². The molecule has 1 aliphatic rings. The van der Waals surface area contributed by atoms with Crippen LogP contribution in [0.1, 0.15) is 49.9 Å². The standard InChI is InChI=1S/C18H26N2O4/c1-13(2)24-18(22)14-7-8-15(19)16(11-14)23-12-17(21)20-9-5-3-4-6-10-20/h7-8,11,13H,3-6,9-10,12,19H2,1-2H3. The van der Waals surface area contributed by atoms with Gasteiger partial charge in [-0.3, -0.25) is 4.79 Å². The highest BCUT2D eigenvalue weighted by atomic mass is 16.5. The van der Waals surface area contributed by atoms with Crippen molar-refractivity contribution in [1.82, 2.24) is 4.90 Å². The summed E-state index contributed by atoms with van der Waals surface area (Å²) in [6, 6.07) is 4.70. The minimum Gasteiger partial charge on any atom is -0.482 e. The Kier molecular flexibility index (Phi) is 6.46. The number of carbonyl (C=O) groups excluding carboxylic acids is 2. The van der Waals surface area contributed by atoms with Gasteiger partial charge in [-0.05, 0) is 44.9 Å². The lowest BCUT2D eigenvalue weighted by atomic mass is 10.2. The number of ether oxygens (including phenoxy) is 2. The zero-order chi connectivity index (χ0) is 17.5. The number of hydrogen-bond donors (Lipinski definition) is 1. The van der Waals surface area contributed by atoms with E-state index in [0.717, 1.165) is 38.8 Å². The summed E-state index contributed by atoms with van der Waals surface area (Å²) in [5.41, 5.74) is 6.62.